The molecule has 0 unspecified atom stereocenters. The summed E-state index contributed by atoms with van der Waals surface area (Å²) in [5, 5.41) is 3.74. The van der Waals surface area contributed by atoms with Crippen molar-refractivity contribution >= 4 is 19.7 Å². The lowest BCUT2D eigenvalue weighted by Gasteiger charge is -1.93. The van der Waals surface area contributed by atoms with Crippen molar-refractivity contribution in [3.05, 3.63) is 11.9 Å². The molecule has 0 radical (unpaired) electrons. The Balaban J connectivity index is 3.38. The Bertz CT molecular complexity index is 368. The first kappa shape index (κ1) is 8.55. The molecule has 0 atom stereocenters. The summed E-state index contributed by atoms with van der Waals surface area (Å²) < 4.78 is 23.0. The molecule has 6 heteroatoms. The molecule has 0 saturated heterocycles. The molecule has 0 amide bonds. The molecule has 1 aromatic rings. The van der Waals surface area contributed by atoms with Gasteiger partial charge in [-0.25, -0.2) is 8.42 Å². The third kappa shape index (κ3) is 1.54. The summed E-state index contributed by atoms with van der Waals surface area (Å²) in [5.74, 6) is 0. The van der Waals surface area contributed by atoms with Gasteiger partial charge in [0, 0.05) is 17.7 Å². The summed E-state index contributed by atoms with van der Waals surface area (Å²) >= 11 is 0. The number of halogens is 1. The first-order valence-electron chi connectivity index (χ1n) is 2.86. The lowest BCUT2D eigenvalue weighted by atomic mass is 10.5. The second kappa shape index (κ2) is 2.49. The summed E-state index contributed by atoms with van der Waals surface area (Å²) in [4.78, 5) is 0.0710. The highest BCUT2D eigenvalue weighted by Gasteiger charge is 2.16. The zero-order valence-corrected chi connectivity index (χ0v) is 7.65. The topological polar surface area (TPSA) is 52.0 Å². The highest BCUT2D eigenvalue weighted by Crippen LogP contribution is 2.17. The van der Waals surface area contributed by atoms with Crippen LogP contribution in [0.4, 0.5) is 0 Å². The van der Waals surface area contributed by atoms with Gasteiger partial charge in [-0.05, 0) is 6.92 Å². The van der Waals surface area contributed by atoms with Crippen LogP contribution >= 0.6 is 10.7 Å². The molecule has 0 fully saturated rings. The maximum atomic E-state index is 10.8. The summed E-state index contributed by atoms with van der Waals surface area (Å²) in [7, 11) is 3.13. The molecule has 0 aromatic carbocycles. The van der Waals surface area contributed by atoms with E-state index >= 15 is 0 Å². The van der Waals surface area contributed by atoms with Crippen molar-refractivity contribution in [2.24, 2.45) is 7.05 Å². The van der Waals surface area contributed by atoms with Gasteiger partial charge < -0.3 is 0 Å². The fourth-order valence-corrected chi connectivity index (χ4v) is 1.83. The first-order valence-corrected chi connectivity index (χ1v) is 5.17. The van der Waals surface area contributed by atoms with Gasteiger partial charge in [0.2, 0.25) is 0 Å². The summed E-state index contributed by atoms with van der Waals surface area (Å²) in [5.41, 5.74) is 0.542. The molecule has 1 aromatic heterocycles. The Morgan fingerprint density at radius 1 is 1.64 bits per heavy atom. The van der Waals surface area contributed by atoms with Crippen molar-refractivity contribution in [1.82, 2.24) is 9.78 Å². The molecule has 0 aliphatic rings. The van der Waals surface area contributed by atoms with Crippen molar-refractivity contribution in [3.63, 3.8) is 0 Å². The fourth-order valence-electron chi connectivity index (χ4n) is 0.718. The Hall–Kier alpha value is -0.550. The van der Waals surface area contributed by atoms with E-state index in [-0.39, 0.29) is 4.90 Å². The average Bonchev–Trinajstić information content (AvgIpc) is 2.11. The Kier molecular flexibility index (Phi) is 1.94. The molecule has 1 rings (SSSR count). The lowest BCUT2D eigenvalue weighted by molar-refractivity contribution is 0.608. The predicted octanol–water partition coefficient (Wildman–Crippen LogP) is 0.656. The van der Waals surface area contributed by atoms with Crippen LogP contribution in [-0.2, 0) is 16.1 Å². The molecular formula is C5H7ClN2O2S. The van der Waals surface area contributed by atoms with Gasteiger partial charge in [-0.2, -0.15) is 5.10 Å². The van der Waals surface area contributed by atoms with Crippen LogP contribution in [0.5, 0.6) is 0 Å². The summed E-state index contributed by atoms with van der Waals surface area (Å²) in [6.45, 7) is 1.64. The molecule has 11 heavy (non-hydrogen) atoms. The molecule has 4 nitrogen and oxygen atoms in total. The maximum absolute atomic E-state index is 10.8. The molecular weight excluding hydrogens is 188 g/mol. The van der Waals surface area contributed by atoms with E-state index in [0.717, 1.165) is 0 Å². The van der Waals surface area contributed by atoms with E-state index in [1.54, 1.807) is 14.0 Å². The van der Waals surface area contributed by atoms with Crippen LogP contribution in [0, 0.1) is 6.92 Å². The van der Waals surface area contributed by atoms with E-state index in [0.29, 0.717) is 5.69 Å². The quantitative estimate of drug-likeness (QED) is 0.617. The standard InChI is InChI=1S/C5H7ClN2O2S/c1-4-5(11(6,9)10)3-7-8(4)2/h3H,1-2H3. The number of rotatable bonds is 1. The van der Waals surface area contributed by atoms with E-state index < -0.39 is 9.05 Å². The monoisotopic (exact) mass is 194 g/mol. The van der Waals surface area contributed by atoms with Crippen molar-refractivity contribution in [2.45, 2.75) is 11.8 Å². The van der Waals surface area contributed by atoms with Crippen molar-refractivity contribution < 1.29 is 8.42 Å². The summed E-state index contributed by atoms with van der Waals surface area (Å²) in [6.07, 6.45) is 1.23. The average molecular weight is 195 g/mol. The van der Waals surface area contributed by atoms with E-state index in [1.165, 1.54) is 10.9 Å². The van der Waals surface area contributed by atoms with E-state index in [1.807, 2.05) is 0 Å². The van der Waals surface area contributed by atoms with Gasteiger partial charge in [0.05, 0.1) is 11.9 Å². The third-order valence-corrected chi connectivity index (χ3v) is 2.88. The molecule has 0 aliphatic carbocycles. The van der Waals surface area contributed by atoms with Gasteiger partial charge in [0.25, 0.3) is 9.05 Å². The summed E-state index contributed by atoms with van der Waals surface area (Å²) in [6, 6.07) is 0. The van der Waals surface area contributed by atoms with Crippen molar-refractivity contribution in [2.75, 3.05) is 0 Å². The molecule has 62 valence electrons. The number of nitrogens with zero attached hydrogens (tertiary/aromatic N) is 2. The van der Waals surface area contributed by atoms with Crippen LogP contribution in [0.3, 0.4) is 0 Å². The van der Waals surface area contributed by atoms with Crippen molar-refractivity contribution in [1.29, 1.82) is 0 Å². The Morgan fingerprint density at radius 3 is 2.36 bits per heavy atom. The minimum atomic E-state index is -3.62. The lowest BCUT2D eigenvalue weighted by Crippen LogP contribution is -1.96. The van der Waals surface area contributed by atoms with Crippen LogP contribution < -0.4 is 0 Å². The van der Waals surface area contributed by atoms with E-state index in [4.69, 9.17) is 10.7 Å². The number of aryl methyl sites for hydroxylation is 1. The van der Waals surface area contributed by atoms with E-state index in [9.17, 15) is 8.42 Å². The van der Waals surface area contributed by atoms with Crippen LogP contribution in [0.25, 0.3) is 0 Å². The molecule has 0 bridgehead atoms. The minimum Gasteiger partial charge on any atom is -0.272 e. The van der Waals surface area contributed by atoms with Gasteiger partial charge in [-0.1, -0.05) is 0 Å². The number of hydrogen-bond acceptors (Lipinski definition) is 3. The van der Waals surface area contributed by atoms with Gasteiger partial charge in [0.1, 0.15) is 4.90 Å². The van der Waals surface area contributed by atoms with Crippen LogP contribution in [0.1, 0.15) is 5.69 Å². The zero-order valence-electron chi connectivity index (χ0n) is 6.07. The van der Waals surface area contributed by atoms with Crippen LogP contribution in [0.2, 0.25) is 0 Å². The predicted molar refractivity (Wildman–Crippen MR) is 41.0 cm³/mol. The van der Waals surface area contributed by atoms with Gasteiger partial charge in [-0.15, -0.1) is 0 Å². The third-order valence-electron chi connectivity index (χ3n) is 1.45. The second-order valence-corrected chi connectivity index (χ2v) is 4.69. The molecule has 0 spiro atoms. The smallest absolute Gasteiger partial charge is 0.264 e. The van der Waals surface area contributed by atoms with Crippen LogP contribution in [-0.4, -0.2) is 18.2 Å². The molecule has 0 N–H and O–H groups in total. The SMILES string of the molecule is Cc1c(S(=O)(=O)Cl)cnn1C. The molecule has 0 aliphatic heterocycles. The Labute approximate surface area is 69.2 Å². The Morgan fingerprint density at radius 2 is 2.18 bits per heavy atom. The van der Waals surface area contributed by atoms with Crippen LogP contribution in [0.15, 0.2) is 11.1 Å². The second-order valence-electron chi connectivity index (χ2n) is 2.16. The maximum Gasteiger partial charge on any atom is 0.264 e. The number of aromatic nitrogens is 2. The van der Waals surface area contributed by atoms with Crippen molar-refractivity contribution in [3.8, 4) is 0 Å². The highest BCUT2D eigenvalue weighted by molar-refractivity contribution is 8.13. The van der Waals surface area contributed by atoms with Gasteiger partial charge in [-0.3, -0.25) is 4.68 Å². The largest absolute Gasteiger partial charge is 0.272 e. The van der Waals surface area contributed by atoms with Gasteiger partial charge in [0.15, 0.2) is 0 Å². The molecule has 1 heterocycles. The number of hydrogen-bond donors (Lipinski definition) is 0. The van der Waals surface area contributed by atoms with E-state index in [2.05, 4.69) is 5.10 Å². The normalized spacial score (nSPS) is 11.9. The van der Waals surface area contributed by atoms with Gasteiger partial charge >= 0.3 is 0 Å². The zero-order chi connectivity index (χ0) is 8.65. The highest BCUT2D eigenvalue weighted by atomic mass is 35.7. The minimum absolute atomic E-state index is 0.0710. The first-order chi connectivity index (χ1) is 4.93. The fraction of sp³-hybridized carbons (Fsp3) is 0.400. The molecule has 0 saturated carbocycles.